The first-order valence-electron chi connectivity index (χ1n) is 4.67. The van der Waals surface area contributed by atoms with Gasteiger partial charge in [0.15, 0.2) is 0 Å². The smallest absolute Gasteiger partial charge is 0.339 e. The van der Waals surface area contributed by atoms with Crippen LogP contribution in [0.15, 0.2) is 12.3 Å². The van der Waals surface area contributed by atoms with Gasteiger partial charge in [0.05, 0.1) is 12.7 Å². The number of hydrogen-bond acceptors (Lipinski definition) is 3. The summed E-state index contributed by atoms with van der Waals surface area (Å²) in [7, 11) is 3.47. The third kappa shape index (κ3) is 1.42. The molecule has 0 radical (unpaired) electrons. The van der Waals surface area contributed by atoms with Gasteiger partial charge in [-0.15, -0.1) is 0 Å². The summed E-state index contributed by atoms with van der Waals surface area (Å²) in [5, 5.41) is 0. The zero-order valence-electron chi connectivity index (χ0n) is 8.49. The summed E-state index contributed by atoms with van der Waals surface area (Å²) in [4.78, 5) is 13.6. The van der Waals surface area contributed by atoms with E-state index in [4.69, 9.17) is 4.74 Å². The van der Waals surface area contributed by atoms with Gasteiger partial charge in [0.25, 0.3) is 0 Å². The second-order valence-electron chi connectivity index (χ2n) is 3.60. The summed E-state index contributed by atoms with van der Waals surface area (Å²) in [6, 6.07) is 1.83. The fraction of sp³-hybridized carbons (Fsp3) is 0.500. The highest BCUT2D eigenvalue weighted by molar-refractivity contribution is 5.90. The number of carbonyl (C=O) groups is 1. The molecule has 2 heterocycles. The Morgan fingerprint density at radius 3 is 3.00 bits per heavy atom. The van der Waals surface area contributed by atoms with E-state index in [0.29, 0.717) is 5.56 Å². The molecule has 0 saturated heterocycles. The van der Waals surface area contributed by atoms with Crippen LogP contribution in [0.4, 0.5) is 0 Å². The van der Waals surface area contributed by atoms with Gasteiger partial charge in [-0.3, -0.25) is 4.90 Å². The minimum atomic E-state index is -0.242. The maximum atomic E-state index is 11.4. The van der Waals surface area contributed by atoms with Crippen molar-refractivity contribution in [2.45, 2.75) is 13.1 Å². The van der Waals surface area contributed by atoms with Crippen molar-refractivity contribution >= 4 is 5.97 Å². The molecule has 0 amide bonds. The quantitative estimate of drug-likeness (QED) is 0.618. The average Bonchev–Trinajstić information content (AvgIpc) is 2.59. The predicted molar refractivity (Wildman–Crippen MR) is 52.1 cm³/mol. The van der Waals surface area contributed by atoms with E-state index in [9.17, 15) is 4.79 Å². The highest BCUT2D eigenvalue weighted by Crippen LogP contribution is 2.17. The molecule has 1 aromatic rings. The standard InChI is InChI=1S/C10H14N2O2/c1-11-5-6-12-4-3-8(9(12)7-11)10(13)14-2/h3-4H,5-7H2,1-2H3. The van der Waals surface area contributed by atoms with Crippen LogP contribution in [0.3, 0.4) is 0 Å². The highest BCUT2D eigenvalue weighted by atomic mass is 16.5. The Hall–Kier alpha value is -1.29. The van der Waals surface area contributed by atoms with Crippen molar-refractivity contribution in [1.82, 2.24) is 9.47 Å². The van der Waals surface area contributed by atoms with E-state index in [2.05, 4.69) is 16.5 Å². The molecule has 2 rings (SSSR count). The Morgan fingerprint density at radius 1 is 1.50 bits per heavy atom. The first-order valence-corrected chi connectivity index (χ1v) is 4.67. The van der Waals surface area contributed by atoms with Gasteiger partial charge in [-0.25, -0.2) is 4.79 Å². The zero-order valence-corrected chi connectivity index (χ0v) is 8.49. The first-order chi connectivity index (χ1) is 6.72. The van der Waals surface area contributed by atoms with Gasteiger partial charge in [0.1, 0.15) is 0 Å². The highest BCUT2D eigenvalue weighted by Gasteiger charge is 2.20. The Morgan fingerprint density at radius 2 is 2.29 bits per heavy atom. The van der Waals surface area contributed by atoms with Crippen LogP contribution in [0.5, 0.6) is 0 Å². The Bertz CT molecular complexity index is 357. The van der Waals surface area contributed by atoms with Crippen LogP contribution in [0.1, 0.15) is 16.1 Å². The predicted octanol–water partition coefficient (Wildman–Crippen LogP) is 0.720. The fourth-order valence-electron chi connectivity index (χ4n) is 1.80. The molecule has 1 aliphatic heterocycles. The number of rotatable bonds is 1. The second kappa shape index (κ2) is 3.46. The monoisotopic (exact) mass is 194 g/mol. The van der Waals surface area contributed by atoms with Crippen molar-refractivity contribution < 1.29 is 9.53 Å². The molecular weight excluding hydrogens is 180 g/mol. The molecule has 0 bridgehead atoms. The van der Waals surface area contributed by atoms with E-state index in [0.717, 1.165) is 25.3 Å². The Kier molecular flexibility index (Phi) is 2.29. The van der Waals surface area contributed by atoms with E-state index in [1.165, 1.54) is 7.11 Å². The van der Waals surface area contributed by atoms with Gasteiger partial charge in [-0.2, -0.15) is 0 Å². The molecule has 0 aliphatic carbocycles. The lowest BCUT2D eigenvalue weighted by Crippen LogP contribution is -2.30. The molecule has 4 heteroatoms. The third-order valence-electron chi connectivity index (χ3n) is 2.63. The van der Waals surface area contributed by atoms with Gasteiger partial charge in [-0.1, -0.05) is 0 Å². The van der Waals surface area contributed by atoms with E-state index in [1.807, 2.05) is 12.3 Å². The van der Waals surface area contributed by atoms with Gasteiger partial charge < -0.3 is 9.30 Å². The van der Waals surface area contributed by atoms with Gasteiger partial charge in [-0.05, 0) is 13.1 Å². The molecular formula is C10H14N2O2. The van der Waals surface area contributed by atoms with Crippen molar-refractivity contribution in [2.75, 3.05) is 20.7 Å². The lowest BCUT2D eigenvalue weighted by Gasteiger charge is -2.25. The Labute approximate surface area is 83.1 Å². The van der Waals surface area contributed by atoms with Crippen LogP contribution in [0, 0.1) is 0 Å². The number of aromatic nitrogens is 1. The average molecular weight is 194 g/mol. The van der Waals surface area contributed by atoms with Gasteiger partial charge in [0, 0.05) is 31.5 Å². The fourth-order valence-corrected chi connectivity index (χ4v) is 1.80. The molecule has 0 aromatic carbocycles. The number of methoxy groups -OCH3 is 1. The van der Waals surface area contributed by atoms with Crippen LogP contribution in [0.2, 0.25) is 0 Å². The first kappa shape index (κ1) is 9.27. The van der Waals surface area contributed by atoms with Crippen LogP contribution >= 0.6 is 0 Å². The van der Waals surface area contributed by atoms with Crippen molar-refractivity contribution in [3.63, 3.8) is 0 Å². The van der Waals surface area contributed by atoms with Crippen molar-refractivity contribution in [2.24, 2.45) is 0 Å². The molecule has 0 N–H and O–H groups in total. The van der Waals surface area contributed by atoms with Crippen LogP contribution < -0.4 is 0 Å². The summed E-state index contributed by atoms with van der Waals surface area (Å²) < 4.78 is 6.84. The lowest BCUT2D eigenvalue weighted by molar-refractivity contribution is 0.0597. The molecule has 4 nitrogen and oxygen atoms in total. The largest absolute Gasteiger partial charge is 0.465 e. The number of likely N-dealkylation sites (N-methyl/N-ethyl adjacent to an activating group) is 1. The lowest BCUT2D eigenvalue weighted by atomic mass is 10.2. The van der Waals surface area contributed by atoms with Crippen LogP contribution in [-0.4, -0.2) is 36.1 Å². The molecule has 1 aromatic heterocycles. The van der Waals surface area contributed by atoms with Crippen molar-refractivity contribution in [1.29, 1.82) is 0 Å². The summed E-state index contributed by atoms with van der Waals surface area (Å²) >= 11 is 0. The van der Waals surface area contributed by atoms with E-state index >= 15 is 0 Å². The second-order valence-corrected chi connectivity index (χ2v) is 3.60. The molecule has 14 heavy (non-hydrogen) atoms. The number of nitrogens with zero attached hydrogens (tertiary/aromatic N) is 2. The summed E-state index contributed by atoms with van der Waals surface area (Å²) in [5.41, 5.74) is 1.75. The van der Waals surface area contributed by atoms with E-state index < -0.39 is 0 Å². The third-order valence-corrected chi connectivity index (χ3v) is 2.63. The Balaban J connectivity index is 2.35. The van der Waals surface area contributed by atoms with Gasteiger partial charge in [0.2, 0.25) is 0 Å². The maximum Gasteiger partial charge on any atom is 0.339 e. The van der Waals surface area contributed by atoms with E-state index in [-0.39, 0.29) is 5.97 Å². The molecule has 0 spiro atoms. The van der Waals surface area contributed by atoms with E-state index in [1.54, 1.807) is 0 Å². The molecule has 1 aliphatic rings. The number of carbonyl (C=O) groups excluding carboxylic acids is 1. The minimum absolute atomic E-state index is 0.242. The maximum absolute atomic E-state index is 11.4. The van der Waals surface area contributed by atoms with Crippen LogP contribution in [0.25, 0.3) is 0 Å². The van der Waals surface area contributed by atoms with Crippen molar-refractivity contribution in [3.05, 3.63) is 23.5 Å². The molecule has 0 unspecified atom stereocenters. The minimum Gasteiger partial charge on any atom is -0.465 e. The van der Waals surface area contributed by atoms with Crippen molar-refractivity contribution in [3.8, 4) is 0 Å². The molecule has 0 atom stereocenters. The molecule has 0 saturated carbocycles. The number of hydrogen-bond donors (Lipinski definition) is 0. The SMILES string of the molecule is COC(=O)c1ccn2c1CN(C)CC2. The molecule has 0 fully saturated rings. The number of fused-ring (bicyclic) bond motifs is 1. The number of esters is 1. The number of ether oxygens (including phenoxy) is 1. The summed E-state index contributed by atoms with van der Waals surface area (Å²) in [6.45, 7) is 2.79. The van der Waals surface area contributed by atoms with Crippen LogP contribution in [-0.2, 0) is 17.8 Å². The summed E-state index contributed by atoms with van der Waals surface area (Å²) in [5.74, 6) is -0.242. The zero-order chi connectivity index (χ0) is 10.1. The summed E-state index contributed by atoms with van der Waals surface area (Å²) in [6.07, 6.45) is 1.95. The topological polar surface area (TPSA) is 34.5 Å². The normalized spacial score (nSPS) is 16.4. The molecule has 76 valence electrons. The van der Waals surface area contributed by atoms with Gasteiger partial charge >= 0.3 is 5.97 Å².